The Bertz CT molecular complexity index is 383. The van der Waals surface area contributed by atoms with Crippen LogP contribution in [0.4, 0.5) is 8.78 Å². The van der Waals surface area contributed by atoms with Crippen molar-refractivity contribution in [3.05, 3.63) is 35.4 Å². The summed E-state index contributed by atoms with van der Waals surface area (Å²) >= 11 is 0. The zero-order chi connectivity index (χ0) is 13.3. The van der Waals surface area contributed by atoms with Crippen molar-refractivity contribution in [2.45, 2.75) is 46.0 Å². The Labute approximate surface area is 108 Å². The van der Waals surface area contributed by atoms with Gasteiger partial charge >= 0.3 is 0 Å². The summed E-state index contributed by atoms with van der Waals surface area (Å²) in [5, 5.41) is 0. The fourth-order valence-corrected chi connectivity index (χ4v) is 3.53. The van der Waals surface area contributed by atoms with Gasteiger partial charge in [-0.05, 0) is 60.6 Å². The molecule has 0 aliphatic heterocycles. The van der Waals surface area contributed by atoms with Crippen LogP contribution in [-0.2, 0) is 0 Å². The Kier molecular flexibility index (Phi) is 4.04. The van der Waals surface area contributed by atoms with Gasteiger partial charge in [0, 0.05) is 6.07 Å². The molecule has 1 fully saturated rings. The van der Waals surface area contributed by atoms with Crippen LogP contribution in [0.5, 0.6) is 0 Å². The molecule has 3 unspecified atom stereocenters. The Morgan fingerprint density at radius 3 is 1.94 bits per heavy atom. The zero-order valence-electron chi connectivity index (χ0n) is 11.4. The van der Waals surface area contributed by atoms with E-state index in [1.54, 1.807) is 0 Å². The van der Waals surface area contributed by atoms with E-state index >= 15 is 0 Å². The average molecular weight is 252 g/mol. The Hall–Kier alpha value is -0.920. The van der Waals surface area contributed by atoms with Gasteiger partial charge in [0.05, 0.1) is 0 Å². The van der Waals surface area contributed by atoms with Crippen LogP contribution in [0.25, 0.3) is 0 Å². The third-order valence-corrected chi connectivity index (χ3v) is 4.33. The summed E-state index contributed by atoms with van der Waals surface area (Å²) < 4.78 is 26.5. The molecule has 0 spiro atoms. The molecule has 2 heteroatoms. The summed E-state index contributed by atoms with van der Waals surface area (Å²) in [7, 11) is 0. The van der Waals surface area contributed by atoms with E-state index in [-0.39, 0.29) is 5.92 Å². The molecule has 3 atom stereocenters. The van der Waals surface area contributed by atoms with Crippen molar-refractivity contribution < 1.29 is 8.78 Å². The molecule has 1 aliphatic rings. The average Bonchev–Trinajstić information content (AvgIpc) is 2.25. The summed E-state index contributed by atoms with van der Waals surface area (Å²) in [6, 6.07) is 3.91. The lowest BCUT2D eigenvalue weighted by Crippen LogP contribution is -2.23. The fourth-order valence-electron chi connectivity index (χ4n) is 3.53. The topological polar surface area (TPSA) is 0 Å². The first-order valence-electron chi connectivity index (χ1n) is 6.91. The van der Waals surface area contributed by atoms with Crippen LogP contribution in [0.3, 0.4) is 0 Å². The van der Waals surface area contributed by atoms with Gasteiger partial charge in [0.1, 0.15) is 11.6 Å². The molecule has 0 heterocycles. The van der Waals surface area contributed by atoms with Crippen molar-refractivity contribution >= 4 is 0 Å². The molecule has 0 bridgehead atoms. The van der Waals surface area contributed by atoms with Gasteiger partial charge in [0.2, 0.25) is 0 Å². The highest BCUT2D eigenvalue weighted by Crippen LogP contribution is 2.40. The highest BCUT2D eigenvalue weighted by Gasteiger charge is 2.28. The zero-order valence-corrected chi connectivity index (χ0v) is 11.4. The van der Waals surface area contributed by atoms with Gasteiger partial charge in [-0.15, -0.1) is 0 Å². The Morgan fingerprint density at radius 1 is 0.944 bits per heavy atom. The Balaban J connectivity index is 2.17. The van der Waals surface area contributed by atoms with Crippen molar-refractivity contribution in [2.75, 3.05) is 0 Å². The highest BCUT2D eigenvalue weighted by atomic mass is 19.1. The maximum atomic E-state index is 13.3. The second-order valence-electron chi connectivity index (χ2n) is 6.17. The number of halogens is 2. The second-order valence-corrected chi connectivity index (χ2v) is 6.17. The summed E-state index contributed by atoms with van der Waals surface area (Å²) in [6.07, 6.45) is 3.62. The molecule has 0 saturated heterocycles. The number of hydrogen-bond donors (Lipinski definition) is 0. The highest BCUT2D eigenvalue weighted by molar-refractivity contribution is 5.22. The van der Waals surface area contributed by atoms with E-state index in [2.05, 4.69) is 20.8 Å². The standard InChI is InChI=1S/C16H22F2/c1-10-4-11(2)6-13(5-10)12(3)14-7-15(17)9-16(18)8-14/h7-13H,4-6H2,1-3H3. The molecule has 0 radical (unpaired) electrons. The first-order valence-corrected chi connectivity index (χ1v) is 6.91. The first-order chi connectivity index (χ1) is 8.45. The summed E-state index contributed by atoms with van der Waals surface area (Å²) in [5.41, 5.74) is 0.804. The van der Waals surface area contributed by atoms with E-state index in [9.17, 15) is 8.78 Å². The van der Waals surface area contributed by atoms with E-state index < -0.39 is 11.6 Å². The van der Waals surface area contributed by atoms with Crippen LogP contribution in [0.1, 0.15) is 51.5 Å². The number of rotatable bonds is 2. The van der Waals surface area contributed by atoms with Gasteiger partial charge < -0.3 is 0 Å². The van der Waals surface area contributed by atoms with Crippen LogP contribution < -0.4 is 0 Å². The molecule has 0 N–H and O–H groups in total. The van der Waals surface area contributed by atoms with Crippen LogP contribution >= 0.6 is 0 Å². The smallest absolute Gasteiger partial charge is 0.126 e. The molecule has 0 nitrogen and oxygen atoms in total. The van der Waals surface area contributed by atoms with Crippen molar-refractivity contribution in [3.8, 4) is 0 Å². The number of benzene rings is 1. The lowest BCUT2D eigenvalue weighted by atomic mass is 9.70. The normalized spacial score (nSPS) is 30.2. The maximum Gasteiger partial charge on any atom is 0.126 e. The summed E-state index contributed by atoms with van der Waals surface area (Å²) in [4.78, 5) is 0. The second kappa shape index (κ2) is 5.38. The first kappa shape index (κ1) is 13.5. The van der Waals surface area contributed by atoms with Gasteiger partial charge in [-0.3, -0.25) is 0 Å². The van der Waals surface area contributed by atoms with Crippen LogP contribution in [-0.4, -0.2) is 0 Å². The van der Waals surface area contributed by atoms with Crippen molar-refractivity contribution in [1.82, 2.24) is 0 Å². The molecule has 1 aromatic rings. The molecule has 100 valence electrons. The summed E-state index contributed by atoms with van der Waals surface area (Å²) in [6.45, 7) is 6.66. The molecular weight excluding hydrogens is 230 g/mol. The molecule has 2 rings (SSSR count). The lowest BCUT2D eigenvalue weighted by Gasteiger charge is -2.35. The van der Waals surface area contributed by atoms with E-state index in [0.717, 1.165) is 23.5 Å². The molecular formula is C16H22F2. The van der Waals surface area contributed by atoms with Crippen LogP contribution in [0, 0.1) is 29.4 Å². The molecule has 0 aromatic heterocycles. The Morgan fingerprint density at radius 2 is 1.44 bits per heavy atom. The maximum absolute atomic E-state index is 13.3. The number of hydrogen-bond acceptors (Lipinski definition) is 0. The molecule has 18 heavy (non-hydrogen) atoms. The van der Waals surface area contributed by atoms with E-state index in [4.69, 9.17) is 0 Å². The minimum absolute atomic E-state index is 0.236. The van der Waals surface area contributed by atoms with Gasteiger partial charge in [-0.1, -0.05) is 20.8 Å². The summed E-state index contributed by atoms with van der Waals surface area (Å²) in [5.74, 6) is 1.30. The van der Waals surface area contributed by atoms with Gasteiger partial charge in [-0.2, -0.15) is 0 Å². The SMILES string of the molecule is CC1CC(C)CC(C(C)c2cc(F)cc(F)c2)C1. The third-order valence-electron chi connectivity index (χ3n) is 4.33. The molecule has 1 saturated carbocycles. The molecule has 0 amide bonds. The van der Waals surface area contributed by atoms with Gasteiger partial charge in [0.15, 0.2) is 0 Å². The predicted molar refractivity (Wildman–Crippen MR) is 70.4 cm³/mol. The van der Waals surface area contributed by atoms with Crippen molar-refractivity contribution in [2.24, 2.45) is 17.8 Å². The monoisotopic (exact) mass is 252 g/mol. The van der Waals surface area contributed by atoms with E-state index in [1.165, 1.54) is 31.4 Å². The fraction of sp³-hybridized carbons (Fsp3) is 0.625. The predicted octanol–water partition coefficient (Wildman–Crippen LogP) is 5.14. The minimum Gasteiger partial charge on any atom is -0.207 e. The minimum atomic E-state index is -0.464. The van der Waals surface area contributed by atoms with Gasteiger partial charge in [0.25, 0.3) is 0 Å². The lowest BCUT2D eigenvalue weighted by molar-refractivity contribution is 0.197. The largest absolute Gasteiger partial charge is 0.207 e. The third kappa shape index (κ3) is 3.09. The molecule has 1 aliphatic carbocycles. The van der Waals surface area contributed by atoms with Crippen LogP contribution in [0.2, 0.25) is 0 Å². The van der Waals surface area contributed by atoms with Crippen molar-refractivity contribution in [1.29, 1.82) is 0 Å². The quantitative estimate of drug-likeness (QED) is 0.683. The van der Waals surface area contributed by atoms with E-state index in [1.807, 2.05) is 0 Å². The van der Waals surface area contributed by atoms with Crippen molar-refractivity contribution in [3.63, 3.8) is 0 Å². The van der Waals surface area contributed by atoms with Crippen LogP contribution in [0.15, 0.2) is 18.2 Å². The van der Waals surface area contributed by atoms with E-state index in [0.29, 0.717) is 5.92 Å². The van der Waals surface area contributed by atoms with Gasteiger partial charge in [-0.25, -0.2) is 8.78 Å². The molecule has 1 aromatic carbocycles.